The van der Waals surface area contributed by atoms with Gasteiger partial charge in [0.15, 0.2) is 11.6 Å². The number of furan rings is 1. The zero-order valence-corrected chi connectivity index (χ0v) is 23.5. The Bertz CT molecular complexity index is 1420. The maximum Gasteiger partial charge on any atom is 0.322 e. The standard InChI is InChI=1S/C33H37F3N2O2/c1-4-6-7-8-9-17-38(33(39)37-32-27(35)19-25(34)20-28(32)36)21-30-31(24-14-12-23(10-5-2)13-15-24)26-18-22(3)11-16-29(26)40-30/h11-16,18-20H,4-10,17,21H2,1-3H3,(H,37,39). The Morgan fingerprint density at radius 1 is 0.875 bits per heavy atom. The van der Waals surface area contributed by atoms with Crippen molar-refractivity contribution in [2.45, 2.75) is 72.3 Å². The SMILES string of the molecule is CCCCCCCN(Cc1oc2ccc(C)cc2c1-c1ccc(CCC)cc1)C(=O)Nc1c(F)cc(F)cc1F. The molecule has 1 aromatic heterocycles. The van der Waals surface area contributed by atoms with Gasteiger partial charge in [0.05, 0.1) is 6.54 Å². The van der Waals surface area contributed by atoms with Crippen molar-refractivity contribution in [2.75, 3.05) is 11.9 Å². The Hall–Kier alpha value is -3.74. The van der Waals surface area contributed by atoms with Gasteiger partial charge in [0.25, 0.3) is 0 Å². The van der Waals surface area contributed by atoms with Gasteiger partial charge < -0.3 is 14.6 Å². The van der Waals surface area contributed by atoms with E-state index in [2.05, 4.69) is 49.5 Å². The maximum atomic E-state index is 14.4. The predicted molar refractivity (Wildman–Crippen MR) is 155 cm³/mol. The zero-order chi connectivity index (χ0) is 28.6. The highest BCUT2D eigenvalue weighted by atomic mass is 19.1. The smallest absolute Gasteiger partial charge is 0.322 e. The Labute approximate surface area is 234 Å². The predicted octanol–water partition coefficient (Wildman–Crippen LogP) is 9.78. The minimum atomic E-state index is -1.17. The first kappa shape index (κ1) is 29.2. The summed E-state index contributed by atoms with van der Waals surface area (Å²) in [6.45, 7) is 6.76. The fraction of sp³-hybridized carbons (Fsp3) is 0.364. The lowest BCUT2D eigenvalue weighted by Gasteiger charge is -2.23. The first-order chi connectivity index (χ1) is 19.3. The number of nitrogens with zero attached hydrogens (tertiary/aromatic N) is 1. The van der Waals surface area contributed by atoms with E-state index in [1.807, 2.05) is 19.1 Å². The normalized spacial score (nSPS) is 11.2. The number of halogens is 3. The molecule has 4 aromatic rings. The van der Waals surface area contributed by atoms with Crippen molar-refractivity contribution in [3.8, 4) is 11.1 Å². The van der Waals surface area contributed by atoms with Crippen LogP contribution in [-0.2, 0) is 13.0 Å². The molecule has 0 bridgehead atoms. The molecule has 0 aliphatic heterocycles. The Kier molecular flexibility index (Phi) is 9.91. The van der Waals surface area contributed by atoms with E-state index in [4.69, 9.17) is 4.42 Å². The van der Waals surface area contributed by atoms with E-state index < -0.39 is 29.2 Å². The molecule has 0 saturated heterocycles. The molecule has 4 rings (SSSR count). The van der Waals surface area contributed by atoms with Gasteiger partial charge in [0.2, 0.25) is 0 Å². The van der Waals surface area contributed by atoms with E-state index in [1.54, 1.807) is 0 Å². The van der Waals surface area contributed by atoms with Gasteiger partial charge >= 0.3 is 6.03 Å². The van der Waals surface area contributed by atoms with Gasteiger partial charge in [-0.1, -0.05) is 81.8 Å². The summed E-state index contributed by atoms with van der Waals surface area (Å²) in [7, 11) is 0. The number of hydrogen-bond acceptors (Lipinski definition) is 2. The summed E-state index contributed by atoms with van der Waals surface area (Å²) in [5, 5.41) is 3.27. The number of unbranched alkanes of at least 4 members (excludes halogenated alkanes) is 4. The summed E-state index contributed by atoms with van der Waals surface area (Å²) >= 11 is 0. The number of carbonyl (C=O) groups is 1. The molecule has 1 N–H and O–H groups in total. The third-order valence-electron chi connectivity index (χ3n) is 7.09. The number of amides is 2. The highest BCUT2D eigenvalue weighted by Crippen LogP contribution is 2.37. The van der Waals surface area contributed by atoms with Crippen LogP contribution in [0.3, 0.4) is 0 Å². The van der Waals surface area contributed by atoms with Crippen molar-refractivity contribution in [1.29, 1.82) is 0 Å². The first-order valence-corrected chi connectivity index (χ1v) is 14.1. The minimum absolute atomic E-state index is 0.101. The minimum Gasteiger partial charge on any atom is -0.459 e. The zero-order valence-electron chi connectivity index (χ0n) is 23.5. The van der Waals surface area contributed by atoms with Gasteiger partial charge in [-0.15, -0.1) is 0 Å². The number of hydrogen-bond donors (Lipinski definition) is 1. The number of urea groups is 1. The van der Waals surface area contributed by atoms with Gasteiger partial charge in [-0.25, -0.2) is 18.0 Å². The average molecular weight is 551 g/mol. The molecule has 0 radical (unpaired) electrons. The molecule has 40 heavy (non-hydrogen) atoms. The van der Waals surface area contributed by atoms with E-state index >= 15 is 0 Å². The summed E-state index contributed by atoms with van der Waals surface area (Å²) in [5.74, 6) is -2.79. The van der Waals surface area contributed by atoms with Crippen LogP contribution in [0.4, 0.5) is 23.7 Å². The molecular formula is C33H37F3N2O2. The number of rotatable bonds is 12. The molecule has 0 spiro atoms. The quantitative estimate of drug-likeness (QED) is 0.178. The summed E-state index contributed by atoms with van der Waals surface area (Å²) in [6, 6.07) is 14.7. The van der Waals surface area contributed by atoms with Crippen molar-refractivity contribution in [2.24, 2.45) is 0 Å². The molecule has 0 aliphatic carbocycles. The van der Waals surface area contributed by atoms with Crippen molar-refractivity contribution < 1.29 is 22.4 Å². The number of benzene rings is 3. The second kappa shape index (κ2) is 13.6. The molecule has 0 unspecified atom stereocenters. The van der Waals surface area contributed by atoms with Crippen LogP contribution in [0, 0.1) is 24.4 Å². The number of aryl methyl sites for hydroxylation is 2. The van der Waals surface area contributed by atoms with Gasteiger partial charge in [0, 0.05) is 29.6 Å². The molecule has 0 fully saturated rings. The van der Waals surface area contributed by atoms with Crippen LogP contribution >= 0.6 is 0 Å². The molecule has 7 heteroatoms. The third kappa shape index (κ3) is 7.06. The highest BCUT2D eigenvalue weighted by molar-refractivity contribution is 5.96. The summed E-state index contributed by atoms with van der Waals surface area (Å²) < 4.78 is 48.5. The first-order valence-electron chi connectivity index (χ1n) is 14.1. The van der Waals surface area contributed by atoms with Gasteiger partial charge in [-0.2, -0.15) is 0 Å². The van der Waals surface area contributed by atoms with Crippen LogP contribution in [0.25, 0.3) is 22.1 Å². The van der Waals surface area contributed by atoms with Crippen LogP contribution in [0.1, 0.15) is 69.3 Å². The van der Waals surface area contributed by atoms with Crippen LogP contribution in [0.2, 0.25) is 0 Å². The fourth-order valence-corrected chi connectivity index (χ4v) is 5.00. The van der Waals surface area contributed by atoms with Crippen molar-refractivity contribution in [3.63, 3.8) is 0 Å². The van der Waals surface area contributed by atoms with E-state index in [-0.39, 0.29) is 6.54 Å². The van der Waals surface area contributed by atoms with E-state index in [0.29, 0.717) is 30.0 Å². The van der Waals surface area contributed by atoms with Gasteiger partial charge in [-0.05, 0) is 43.0 Å². The lowest BCUT2D eigenvalue weighted by molar-refractivity contribution is 0.203. The average Bonchev–Trinajstić information content (AvgIpc) is 3.27. The van der Waals surface area contributed by atoms with E-state index in [0.717, 1.165) is 67.0 Å². The monoisotopic (exact) mass is 550 g/mol. The largest absolute Gasteiger partial charge is 0.459 e. The lowest BCUT2D eigenvalue weighted by Crippen LogP contribution is -2.36. The van der Waals surface area contributed by atoms with Crippen LogP contribution in [0.5, 0.6) is 0 Å². The fourth-order valence-electron chi connectivity index (χ4n) is 5.00. The van der Waals surface area contributed by atoms with Gasteiger partial charge in [-0.3, -0.25) is 0 Å². The summed E-state index contributed by atoms with van der Waals surface area (Å²) in [4.78, 5) is 14.9. The molecule has 1 heterocycles. The van der Waals surface area contributed by atoms with E-state index in [9.17, 15) is 18.0 Å². The molecule has 0 saturated carbocycles. The Balaban J connectivity index is 1.69. The van der Waals surface area contributed by atoms with Crippen LogP contribution < -0.4 is 5.32 Å². The third-order valence-corrected chi connectivity index (χ3v) is 7.09. The van der Waals surface area contributed by atoms with Gasteiger partial charge in [0.1, 0.15) is 22.8 Å². The van der Waals surface area contributed by atoms with Crippen molar-refractivity contribution in [1.82, 2.24) is 4.90 Å². The molecule has 212 valence electrons. The van der Waals surface area contributed by atoms with Crippen LogP contribution in [0.15, 0.2) is 59.0 Å². The van der Waals surface area contributed by atoms with E-state index in [1.165, 1.54) is 10.5 Å². The Morgan fingerprint density at radius 2 is 1.57 bits per heavy atom. The molecule has 3 aromatic carbocycles. The van der Waals surface area contributed by atoms with Crippen molar-refractivity contribution in [3.05, 3.63) is 88.9 Å². The summed E-state index contributed by atoms with van der Waals surface area (Å²) in [6.07, 6.45) is 6.90. The lowest BCUT2D eigenvalue weighted by atomic mass is 9.98. The Morgan fingerprint density at radius 3 is 2.25 bits per heavy atom. The molecule has 0 aliphatic rings. The summed E-state index contributed by atoms with van der Waals surface area (Å²) in [5.41, 5.74) is 4.22. The molecule has 4 nitrogen and oxygen atoms in total. The topological polar surface area (TPSA) is 45.5 Å². The maximum absolute atomic E-state index is 14.4. The highest BCUT2D eigenvalue weighted by Gasteiger charge is 2.24. The van der Waals surface area contributed by atoms with Crippen molar-refractivity contribution >= 4 is 22.7 Å². The molecule has 2 amide bonds. The second-order valence-corrected chi connectivity index (χ2v) is 10.4. The molecule has 0 atom stereocenters. The number of anilines is 1. The number of fused-ring (bicyclic) bond motifs is 1. The number of carbonyl (C=O) groups excluding carboxylic acids is 1. The molecular weight excluding hydrogens is 513 g/mol. The van der Waals surface area contributed by atoms with Crippen LogP contribution in [-0.4, -0.2) is 17.5 Å². The second-order valence-electron chi connectivity index (χ2n) is 10.4. The number of nitrogens with one attached hydrogen (secondary N) is 1.